The number of carbonyl (C=O) groups excluding carboxylic acids is 1. The molecule has 1 heterocycles. The van der Waals surface area contributed by atoms with Crippen molar-refractivity contribution < 1.29 is 22.7 Å². The zero-order chi connectivity index (χ0) is 25.0. The number of ether oxygens (including phenoxy) is 2. The number of nitrogens with one attached hydrogen (secondary N) is 1. The lowest BCUT2D eigenvalue weighted by atomic mass is 9.98. The van der Waals surface area contributed by atoms with Crippen molar-refractivity contribution in [2.75, 3.05) is 33.0 Å². The van der Waals surface area contributed by atoms with E-state index in [4.69, 9.17) is 32.7 Å². The molecule has 0 radical (unpaired) electrons. The number of rotatable bonds is 8. The molecular formula is C24H30Cl2N2O5S. The maximum Gasteiger partial charge on any atom is 0.252 e. The Morgan fingerprint density at radius 1 is 1.18 bits per heavy atom. The third-order valence-corrected chi connectivity index (χ3v) is 7.91. The summed E-state index contributed by atoms with van der Waals surface area (Å²) in [6, 6.07) is 8.58. The van der Waals surface area contributed by atoms with Gasteiger partial charge in [-0.1, -0.05) is 37.0 Å². The zero-order valence-electron chi connectivity index (χ0n) is 19.7. The van der Waals surface area contributed by atoms with E-state index in [-0.39, 0.29) is 39.1 Å². The van der Waals surface area contributed by atoms with Crippen LogP contribution in [0.1, 0.15) is 48.5 Å². The molecule has 1 aliphatic rings. The zero-order valence-corrected chi connectivity index (χ0v) is 22.1. The fraction of sp³-hybridized carbons (Fsp3) is 0.458. The first kappa shape index (κ1) is 26.6. The number of amides is 1. The fourth-order valence-corrected chi connectivity index (χ4v) is 5.33. The van der Waals surface area contributed by atoms with Gasteiger partial charge in [-0.05, 0) is 55.0 Å². The Hall–Kier alpha value is -2.00. The van der Waals surface area contributed by atoms with Crippen LogP contribution in [0.3, 0.4) is 0 Å². The summed E-state index contributed by atoms with van der Waals surface area (Å²) in [5.74, 6) is 1.56. The van der Waals surface area contributed by atoms with Gasteiger partial charge in [-0.2, -0.15) is 0 Å². The molecule has 0 aliphatic carbocycles. The highest BCUT2D eigenvalue weighted by molar-refractivity contribution is 7.88. The molecule has 2 aromatic rings. The average Bonchev–Trinajstić information content (AvgIpc) is 2.79. The number of halogens is 2. The third kappa shape index (κ3) is 6.36. The first-order valence-electron chi connectivity index (χ1n) is 11.1. The third-order valence-electron chi connectivity index (χ3n) is 5.93. The predicted molar refractivity (Wildman–Crippen MR) is 135 cm³/mol. The summed E-state index contributed by atoms with van der Waals surface area (Å²) in [4.78, 5) is 12.9. The molecule has 3 rings (SSSR count). The van der Waals surface area contributed by atoms with Gasteiger partial charge >= 0.3 is 0 Å². The summed E-state index contributed by atoms with van der Waals surface area (Å²) in [7, 11) is -1.56. The van der Waals surface area contributed by atoms with Crippen molar-refractivity contribution in [3.8, 4) is 17.2 Å². The Morgan fingerprint density at radius 3 is 2.44 bits per heavy atom. The first-order valence-corrected chi connectivity index (χ1v) is 13.7. The smallest absolute Gasteiger partial charge is 0.252 e. The average molecular weight is 529 g/mol. The highest BCUT2D eigenvalue weighted by Crippen LogP contribution is 2.40. The summed E-state index contributed by atoms with van der Waals surface area (Å²) in [5, 5.41) is 3.32. The van der Waals surface area contributed by atoms with E-state index in [9.17, 15) is 13.2 Å². The monoisotopic (exact) mass is 528 g/mol. The quantitative estimate of drug-likeness (QED) is 0.501. The Bertz CT molecular complexity index is 1150. The molecule has 0 atom stereocenters. The SMILES string of the molecule is COc1ccc(Oc2c(Cl)ccc(C(=O)NCC3CCN(S(C)(=O)=O)CC3)c2Cl)cc1C(C)C. The molecule has 0 spiro atoms. The van der Waals surface area contributed by atoms with Crippen molar-refractivity contribution >= 4 is 39.1 Å². The summed E-state index contributed by atoms with van der Waals surface area (Å²) >= 11 is 12.9. The van der Waals surface area contributed by atoms with Crippen LogP contribution in [-0.2, 0) is 10.0 Å². The van der Waals surface area contributed by atoms with E-state index in [1.165, 1.54) is 10.6 Å². The van der Waals surface area contributed by atoms with Crippen molar-refractivity contribution in [2.24, 2.45) is 5.92 Å². The minimum absolute atomic E-state index is 0.124. The van der Waals surface area contributed by atoms with Crippen molar-refractivity contribution in [2.45, 2.75) is 32.6 Å². The molecule has 10 heteroatoms. The van der Waals surface area contributed by atoms with Crippen molar-refractivity contribution in [1.29, 1.82) is 0 Å². The van der Waals surface area contributed by atoms with Crippen molar-refractivity contribution in [1.82, 2.24) is 9.62 Å². The van der Waals surface area contributed by atoms with Gasteiger partial charge in [0.15, 0.2) is 5.75 Å². The maximum atomic E-state index is 12.9. The van der Waals surface area contributed by atoms with Crippen molar-refractivity contribution in [3.05, 3.63) is 51.5 Å². The second kappa shape index (κ2) is 11.2. The van der Waals surface area contributed by atoms with Gasteiger partial charge in [-0.15, -0.1) is 0 Å². The largest absolute Gasteiger partial charge is 0.496 e. The number of hydrogen-bond acceptors (Lipinski definition) is 5. The van der Waals surface area contributed by atoms with E-state index < -0.39 is 10.0 Å². The van der Waals surface area contributed by atoms with Gasteiger partial charge in [-0.3, -0.25) is 4.79 Å². The number of sulfonamides is 1. The van der Waals surface area contributed by atoms with Crippen molar-refractivity contribution in [3.63, 3.8) is 0 Å². The van der Waals surface area contributed by atoms with Crippen LogP contribution in [-0.4, -0.2) is 51.6 Å². The van der Waals surface area contributed by atoms with E-state index in [1.54, 1.807) is 25.3 Å². The van der Waals surface area contributed by atoms with E-state index in [2.05, 4.69) is 19.2 Å². The molecule has 34 heavy (non-hydrogen) atoms. The van der Waals surface area contributed by atoms with Crippen LogP contribution < -0.4 is 14.8 Å². The second-order valence-corrected chi connectivity index (χ2v) is 11.5. The minimum atomic E-state index is -3.18. The molecule has 1 fully saturated rings. The number of piperidine rings is 1. The molecule has 0 unspecified atom stereocenters. The van der Waals surface area contributed by atoms with Gasteiger partial charge in [0.25, 0.3) is 5.91 Å². The molecule has 1 aliphatic heterocycles. The lowest BCUT2D eigenvalue weighted by Gasteiger charge is -2.30. The normalized spacial score (nSPS) is 15.4. The molecule has 0 saturated carbocycles. The Labute approximate surface area is 211 Å². The summed E-state index contributed by atoms with van der Waals surface area (Å²) < 4.78 is 36.2. The van der Waals surface area contributed by atoms with Gasteiger partial charge < -0.3 is 14.8 Å². The number of benzene rings is 2. The fourth-order valence-electron chi connectivity index (χ4n) is 3.92. The lowest BCUT2D eigenvalue weighted by Crippen LogP contribution is -2.41. The van der Waals surface area contributed by atoms with Gasteiger partial charge in [0.2, 0.25) is 10.0 Å². The Morgan fingerprint density at radius 2 is 1.85 bits per heavy atom. The van der Waals surface area contributed by atoms with E-state index in [1.807, 2.05) is 12.1 Å². The first-order chi connectivity index (χ1) is 16.0. The molecule has 7 nitrogen and oxygen atoms in total. The molecule has 2 aromatic carbocycles. The molecule has 1 N–H and O–H groups in total. The lowest BCUT2D eigenvalue weighted by molar-refractivity contribution is 0.0941. The summed E-state index contributed by atoms with van der Waals surface area (Å²) in [6.07, 6.45) is 2.59. The number of hydrogen-bond donors (Lipinski definition) is 1. The maximum absolute atomic E-state index is 12.9. The topological polar surface area (TPSA) is 84.9 Å². The minimum Gasteiger partial charge on any atom is -0.496 e. The van der Waals surface area contributed by atoms with E-state index in [0.717, 1.165) is 11.3 Å². The number of methoxy groups -OCH3 is 1. The Kier molecular flexibility index (Phi) is 8.73. The number of carbonyl (C=O) groups is 1. The van der Waals surface area contributed by atoms with E-state index >= 15 is 0 Å². The molecule has 0 bridgehead atoms. The van der Waals surface area contributed by atoms with Crippen LogP contribution in [0.2, 0.25) is 10.0 Å². The van der Waals surface area contributed by atoms with Crippen LogP contribution in [0.25, 0.3) is 0 Å². The molecule has 0 aromatic heterocycles. The van der Waals surface area contributed by atoms with Crippen LogP contribution >= 0.6 is 23.2 Å². The predicted octanol–water partition coefficient (Wildman–Crippen LogP) is 5.32. The second-order valence-electron chi connectivity index (χ2n) is 8.71. The standard InChI is InChI=1S/C24H30Cl2N2O5S/c1-15(2)19-13-17(5-8-21(19)32-3)33-23-20(25)7-6-18(22(23)26)24(29)27-14-16-9-11-28(12-10-16)34(4,30)31/h5-8,13,15-16H,9-12,14H2,1-4H3,(H,27,29). The van der Waals surface area contributed by atoms with Gasteiger partial charge in [0.1, 0.15) is 11.5 Å². The highest BCUT2D eigenvalue weighted by Gasteiger charge is 2.26. The molecule has 1 amide bonds. The van der Waals surface area contributed by atoms with Crippen LogP contribution in [0.5, 0.6) is 17.2 Å². The van der Waals surface area contributed by atoms with Crippen LogP contribution in [0, 0.1) is 5.92 Å². The Balaban J connectivity index is 1.70. The van der Waals surface area contributed by atoms with Gasteiger partial charge in [0, 0.05) is 25.2 Å². The van der Waals surface area contributed by atoms with Gasteiger partial charge in [-0.25, -0.2) is 12.7 Å². The van der Waals surface area contributed by atoms with E-state index in [0.29, 0.717) is 38.2 Å². The molecule has 186 valence electrons. The van der Waals surface area contributed by atoms with Crippen LogP contribution in [0.15, 0.2) is 30.3 Å². The summed E-state index contributed by atoms with van der Waals surface area (Å²) in [6.45, 7) is 5.45. The van der Waals surface area contributed by atoms with Crippen LogP contribution in [0.4, 0.5) is 0 Å². The summed E-state index contributed by atoms with van der Waals surface area (Å²) in [5.41, 5.74) is 1.23. The molecular weight excluding hydrogens is 499 g/mol. The highest BCUT2D eigenvalue weighted by atomic mass is 35.5. The number of nitrogens with zero attached hydrogens (tertiary/aromatic N) is 1. The van der Waals surface area contributed by atoms with Gasteiger partial charge in [0.05, 0.1) is 29.0 Å². The molecule has 1 saturated heterocycles.